The van der Waals surface area contributed by atoms with E-state index in [1.54, 1.807) is 18.2 Å². The molecular formula is C12H13NO4. The molecule has 0 unspecified atom stereocenters. The van der Waals surface area contributed by atoms with Gasteiger partial charge in [-0.15, -0.1) is 0 Å². The highest BCUT2D eigenvalue weighted by molar-refractivity contribution is 5.94. The quantitative estimate of drug-likeness (QED) is 0.755. The summed E-state index contributed by atoms with van der Waals surface area (Å²) < 4.78 is 4.62. The molecule has 1 amide bonds. The zero-order chi connectivity index (χ0) is 12.4. The molecule has 0 radical (unpaired) electrons. The van der Waals surface area contributed by atoms with Crippen molar-refractivity contribution in [1.82, 2.24) is 0 Å². The van der Waals surface area contributed by atoms with Crippen LogP contribution in [0.1, 0.15) is 22.3 Å². The Morgan fingerprint density at radius 3 is 2.82 bits per heavy atom. The summed E-state index contributed by atoms with van der Waals surface area (Å²) in [4.78, 5) is 23.7. The number of esters is 1. The van der Waals surface area contributed by atoms with E-state index in [4.69, 9.17) is 5.11 Å². The molecule has 1 aromatic carbocycles. The molecule has 1 aromatic rings. The van der Waals surface area contributed by atoms with Crippen LogP contribution in [-0.4, -0.2) is 30.8 Å². The van der Waals surface area contributed by atoms with Gasteiger partial charge in [-0.1, -0.05) is 6.07 Å². The van der Waals surface area contributed by atoms with Crippen LogP contribution in [0.3, 0.4) is 0 Å². The van der Waals surface area contributed by atoms with Crippen molar-refractivity contribution in [1.29, 1.82) is 0 Å². The van der Waals surface area contributed by atoms with Crippen molar-refractivity contribution in [3.63, 3.8) is 0 Å². The van der Waals surface area contributed by atoms with E-state index in [0.717, 1.165) is 18.4 Å². The second kappa shape index (κ2) is 4.45. The summed E-state index contributed by atoms with van der Waals surface area (Å²) in [5.74, 6) is -0.455. The van der Waals surface area contributed by atoms with Gasteiger partial charge in [0.2, 0.25) is 0 Å². The predicted octanol–water partition coefficient (Wildman–Crippen LogP) is 1.90. The molecule has 0 saturated carbocycles. The number of methoxy groups -OCH3 is 1. The number of carboxylic acid groups (broad SMARTS) is 1. The largest absolute Gasteiger partial charge is 0.465 e. The third-order valence-electron chi connectivity index (χ3n) is 2.86. The SMILES string of the molecule is COC(=O)c1ccc2c(c1)N(C(=O)O)CCC2. The van der Waals surface area contributed by atoms with Gasteiger partial charge in [0.1, 0.15) is 0 Å². The Bertz CT molecular complexity index is 470. The lowest BCUT2D eigenvalue weighted by atomic mass is 10.00. The van der Waals surface area contributed by atoms with Gasteiger partial charge in [0, 0.05) is 6.54 Å². The van der Waals surface area contributed by atoms with Gasteiger partial charge in [-0.25, -0.2) is 9.59 Å². The van der Waals surface area contributed by atoms with E-state index < -0.39 is 12.1 Å². The zero-order valence-electron chi connectivity index (χ0n) is 9.47. The fourth-order valence-corrected chi connectivity index (χ4v) is 2.02. The Labute approximate surface area is 98.6 Å². The average Bonchev–Trinajstić information content (AvgIpc) is 2.36. The Balaban J connectivity index is 2.44. The summed E-state index contributed by atoms with van der Waals surface area (Å²) in [6, 6.07) is 5.03. The molecule has 0 fully saturated rings. The number of aryl methyl sites for hydroxylation is 1. The fraction of sp³-hybridized carbons (Fsp3) is 0.333. The first kappa shape index (κ1) is 11.4. The number of hydrogen-bond acceptors (Lipinski definition) is 3. The Morgan fingerprint density at radius 1 is 1.41 bits per heavy atom. The summed E-state index contributed by atoms with van der Waals surface area (Å²) in [6.07, 6.45) is 0.644. The van der Waals surface area contributed by atoms with E-state index in [-0.39, 0.29) is 0 Å². The Morgan fingerprint density at radius 2 is 2.18 bits per heavy atom. The molecule has 90 valence electrons. The standard InChI is InChI=1S/C12H13NO4/c1-17-11(14)9-5-4-8-3-2-6-13(12(15)16)10(8)7-9/h4-5,7H,2-3,6H2,1H3,(H,15,16). The maximum absolute atomic E-state index is 11.4. The van der Waals surface area contributed by atoms with Gasteiger partial charge in [0.15, 0.2) is 0 Å². The van der Waals surface area contributed by atoms with Gasteiger partial charge < -0.3 is 9.84 Å². The number of rotatable bonds is 1. The lowest BCUT2D eigenvalue weighted by molar-refractivity contribution is 0.0600. The Hall–Kier alpha value is -2.04. The number of nitrogens with zero attached hydrogens (tertiary/aromatic N) is 1. The second-order valence-electron chi connectivity index (χ2n) is 3.87. The minimum absolute atomic E-state index is 0.374. The van der Waals surface area contributed by atoms with E-state index >= 15 is 0 Å². The summed E-state index contributed by atoms with van der Waals surface area (Å²) in [6.45, 7) is 0.465. The van der Waals surface area contributed by atoms with E-state index in [2.05, 4.69) is 4.74 Å². The number of benzene rings is 1. The van der Waals surface area contributed by atoms with Crippen molar-refractivity contribution in [2.75, 3.05) is 18.6 Å². The normalized spacial score (nSPS) is 14.1. The zero-order valence-corrected chi connectivity index (χ0v) is 9.47. The van der Waals surface area contributed by atoms with Crippen LogP contribution in [0.25, 0.3) is 0 Å². The number of carbonyl (C=O) groups excluding carboxylic acids is 1. The molecule has 0 aromatic heterocycles. The molecule has 0 aliphatic carbocycles. The first-order valence-corrected chi connectivity index (χ1v) is 5.35. The van der Waals surface area contributed by atoms with E-state index in [9.17, 15) is 9.59 Å². The molecule has 1 aliphatic rings. The molecule has 17 heavy (non-hydrogen) atoms. The molecule has 5 heteroatoms. The molecule has 0 saturated heterocycles. The van der Waals surface area contributed by atoms with Gasteiger partial charge in [-0.3, -0.25) is 4.90 Å². The summed E-state index contributed by atoms with van der Waals surface area (Å²) >= 11 is 0. The van der Waals surface area contributed by atoms with Crippen LogP contribution in [0, 0.1) is 0 Å². The summed E-state index contributed by atoms with van der Waals surface area (Å²) in [5, 5.41) is 9.08. The van der Waals surface area contributed by atoms with Gasteiger partial charge in [-0.2, -0.15) is 0 Å². The summed E-state index contributed by atoms with van der Waals surface area (Å²) in [7, 11) is 1.30. The van der Waals surface area contributed by atoms with Crippen LogP contribution in [0.2, 0.25) is 0 Å². The number of ether oxygens (including phenoxy) is 1. The van der Waals surface area contributed by atoms with Crippen molar-refractivity contribution in [3.8, 4) is 0 Å². The van der Waals surface area contributed by atoms with Gasteiger partial charge >= 0.3 is 12.1 Å². The van der Waals surface area contributed by atoms with Crippen molar-refractivity contribution >= 4 is 17.7 Å². The van der Waals surface area contributed by atoms with Crippen molar-refractivity contribution < 1.29 is 19.4 Å². The first-order valence-electron chi connectivity index (χ1n) is 5.35. The Kier molecular flexibility index (Phi) is 2.99. The van der Waals surface area contributed by atoms with Crippen molar-refractivity contribution in [2.45, 2.75) is 12.8 Å². The minimum atomic E-state index is -0.993. The van der Waals surface area contributed by atoms with Gasteiger partial charge in [0.05, 0.1) is 18.4 Å². The van der Waals surface area contributed by atoms with E-state index in [1.807, 2.05) is 0 Å². The van der Waals surface area contributed by atoms with E-state index in [1.165, 1.54) is 12.0 Å². The van der Waals surface area contributed by atoms with E-state index in [0.29, 0.717) is 17.8 Å². The van der Waals surface area contributed by atoms with Crippen LogP contribution >= 0.6 is 0 Å². The highest BCUT2D eigenvalue weighted by Crippen LogP contribution is 2.28. The lowest BCUT2D eigenvalue weighted by Gasteiger charge is -2.27. The molecule has 0 spiro atoms. The summed E-state index contributed by atoms with van der Waals surface area (Å²) in [5.41, 5.74) is 1.91. The molecule has 0 bridgehead atoms. The molecular weight excluding hydrogens is 222 g/mol. The van der Waals surface area contributed by atoms with Crippen LogP contribution in [0.4, 0.5) is 10.5 Å². The number of fused-ring (bicyclic) bond motifs is 1. The molecule has 1 aliphatic heterocycles. The minimum Gasteiger partial charge on any atom is -0.465 e. The topological polar surface area (TPSA) is 66.8 Å². The highest BCUT2D eigenvalue weighted by atomic mass is 16.5. The maximum atomic E-state index is 11.4. The smallest absolute Gasteiger partial charge is 0.411 e. The number of amides is 1. The van der Waals surface area contributed by atoms with Crippen molar-refractivity contribution in [3.05, 3.63) is 29.3 Å². The predicted molar refractivity (Wildman–Crippen MR) is 61.5 cm³/mol. The molecule has 0 atom stereocenters. The maximum Gasteiger partial charge on any atom is 0.411 e. The molecule has 2 rings (SSSR count). The van der Waals surface area contributed by atoms with Gasteiger partial charge in [-0.05, 0) is 30.5 Å². The first-order chi connectivity index (χ1) is 8.13. The molecule has 5 nitrogen and oxygen atoms in total. The highest BCUT2D eigenvalue weighted by Gasteiger charge is 2.23. The fourth-order valence-electron chi connectivity index (χ4n) is 2.02. The molecule has 1 N–H and O–H groups in total. The monoisotopic (exact) mass is 235 g/mol. The van der Waals surface area contributed by atoms with Crippen LogP contribution in [-0.2, 0) is 11.2 Å². The lowest BCUT2D eigenvalue weighted by Crippen LogP contribution is -2.34. The number of carbonyl (C=O) groups is 2. The van der Waals surface area contributed by atoms with Crippen LogP contribution in [0.15, 0.2) is 18.2 Å². The third-order valence-corrected chi connectivity index (χ3v) is 2.86. The third kappa shape index (κ3) is 2.08. The second-order valence-corrected chi connectivity index (χ2v) is 3.87. The number of anilines is 1. The number of hydrogen-bond donors (Lipinski definition) is 1. The van der Waals surface area contributed by atoms with Gasteiger partial charge in [0.25, 0.3) is 0 Å². The average molecular weight is 235 g/mol. The van der Waals surface area contributed by atoms with Crippen molar-refractivity contribution in [2.24, 2.45) is 0 Å². The van der Waals surface area contributed by atoms with Crippen LogP contribution in [0.5, 0.6) is 0 Å². The van der Waals surface area contributed by atoms with Crippen LogP contribution < -0.4 is 4.90 Å². The molecule has 1 heterocycles.